The van der Waals surface area contributed by atoms with Crippen molar-refractivity contribution < 1.29 is 4.79 Å². The summed E-state index contributed by atoms with van der Waals surface area (Å²) in [7, 11) is 0. The van der Waals surface area contributed by atoms with Gasteiger partial charge in [-0.1, -0.05) is 18.2 Å². The summed E-state index contributed by atoms with van der Waals surface area (Å²) < 4.78 is 4.34. The quantitative estimate of drug-likeness (QED) is 0.298. The molecule has 2 heterocycles. The van der Waals surface area contributed by atoms with Gasteiger partial charge in [0.1, 0.15) is 18.7 Å². The Bertz CT molecular complexity index is 1400. The molecule has 5 rings (SSSR count). The first-order chi connectivity index (χ1) is 17.5. The van der Waals surface area contributed by atoms with E-state index in [4.69, 9.17) is 0 Å². The van der Waals surface area contributed by atoms with E-state index in [0.29, 0.717) is 17.3 Å². The number of anilines is 1. The smallest absolute Gasteiger partial charge is 0.319 e. The van der Waals surface area contributed by atoms with Crippen LogP contribution in [0.4, 0.5) is 10.5 Å². The number of carbonyl (C=O) groups is 1. The SMILES string of the molecule is CC(C)NC(=O)Nc1ccc(-c2c(C#N)c3ccc(SCCn4cnnc4)cc3n2C2CCC2)cc1. The number of nitrogens with zero attached hydrogens (tertiary/aromatic N) is 5. The van der Waals surface area contributed by atoms with Crippen LogP contribution in [0.25, 0.3) is 22.2 Å². The Kier molecular flexibility index (Phi) is 6.96. The summed E-state index contributed by atoms with van der Waals surface area (Å²) in [5.41, 5.74) is 4.47. The standard InChI is InChI=1S/C27H29N7OS/c1-18(2)31-27(35)32-20-8-6-19(7-9-20)26-24(15-28)23-11-10-22(36-13-12-33-16-29-30-17-33)14-25(23)34(26)21-4-3-5-21/h6-11,14,16-18,21H,3-5,12-13H2,1-2H3,(H2,31,32,35). The number of thioether (sulfide) groups is 1. The van der Waals surface area contributed by atoms with Crippen LogP contribution in [-0.2, 0) is 6.54 Å². The molecule has 2 aromatic carbocycles. The molecule has 0 unspecified atom stereocenters. The largest absolute Gasteiger partial charge is 0.336 e. The molecule has 2 N–H and O–H groups in total. The van der Waals surface area contributed by atoms with E-state index in [1.165, 1.54) is 11.3 Å². The Morgan fingerprint density at radius 2 is 1.92 bits per heavy atom. The molecule has 1 saturated carbocycles. The number of hydrogen-bond donors (Lipinski definition) is 2. The number of hydrogen-bond acceptors (Lipinski definition) is 5. The van der Waals surface area contributed by atoms with Crippen molar-refractivity contribution in [3.05, 3.63) is 60.7 Å². The molecule has 4 aromatic rings. The minimum absolute atomic E-state index is 0.0617. The minimum Gasteiger partial charge on any atom is -0.336 e. The molecule has 0 saturated heterocycles. The zero-order chi connectivity index (χ0) is 25.1. The van der Waals surface area contributed by atoms with Crippen LogP contribution in [-0.4, -0.2) is 37.2 Å². The van der Waals surface area contributed by atoms with Crippen molar-refractivity contribution >= 4 is 34.4 Å². The first-order valence-electron chi connectivity index (χ1n) is 12.2. The molecule has 0 bridgehead atoms. The van der Waals surface area contributed by atoms with Gasteiger partial charge < -0.3 is 19.8 Å². The van der Waals surface area contributed by atoms with Crippen LogP contribution < -0.4 is 10.6 Å². The lowest BCUT2D eigenvalue weighted by Crippen LogP contribution is -2.34. The highest BCUT2D eigenvalue weighted by atomic mass is 32.2. The first-order valence-corrected chi connectivity index (χ1v) is 13.2. The predicted octanol–water partition coefficient (Wildman–Crippen LogP) is 5.82. The highest BCUT2D eigenvalue weighted by Crippen LogP contribution is 2.43. The summed E-state index contributed by atoms with van der Waals surface area (Å²) in [5, 5.41) is 24.6. The van der Waals surface area contributed by atoms with Crippen molar-refractivity contribution in [2.24, 2.45) is 0 Å². The van der Waals surface area contributed by atoms with Gasteiger partial charge in [0, 0.05) is 40.4 Å². The van der Waals surface area contributed by atoms with Gasteiger partial charge in [-0.25, -0.2) is 4.79 Å². The van der Waals surface area contributed by atoms with E-state index in [0.717, 1.165) is 47.3 Å². The molecule has 2 amide bonds. The molecule has 2 aromatic heterocycles. The van der Waals surface area contributed by atoms with Crippen molar-refractivity contribution in [3.8, 4) is 17.3 Å². The van der Waals surface area contributed by atoms with Gasteiger partial charge in [-0.3, -0.25) is 0 Å². The molecular weight excluding hydrogens is 470 g/mol. The molecule has 184 valence electrons. The monoisotopic (exact) mass is 499 g/mol. The molecular formula is C27H29N7OS. The maximum absolute atomic E-state index is 12.1. The molecule has 9 heteroatoms. The lowest BCUT2D eigenvalue weighted by atomic mass is 9.92. The average molecular weight is 500 g/mol. The van der Waals surface area contributed by atoms with Crippen LogP contribution in [0.2, 0.25) is 0 Å². The van der Waals surface area contributed by atoms with Gasteiger partial charge in [0.05, 0.1) is 16.8 Å². The van der Waals surface area contributed by atoms with E-state index in [1.54, 1.807) is 24.4 Å². The second-order valence-electron chi connectivity index (χ2n) is 9.35. The number of aryl methyl sites for hydroxylation is 1. The zero-order valence-corrected chi connectivity index (χ0v) is 21.3. The number of nitrogens with one attached hydrogen (secondary N) is 2. The van der Waals surface area contributed by atoms with E-state index in [-0.39, 0.29) is 12.1 Å². The fourth-order valence-corrected chi connectivity index (χ4v) is 5.45. The Morgan fingerprint density at radius 3 is 2.56 bits per heavy atom. The first kappa shape index (κ1) is 23.9. The van der Waals surface area contributed by atoms with Crippen LogP contribution in [0.3, 0.4) is 0 Å². The number of benzene rings is 2. The fraction of sp³-hybridized carbons (Fsp3) is 0.333. The summed E-state index contributed by atoms with van der Waals surface area (Å²) in [6.45, 7) is 4.68. The highest BCUT2D eigenvalue weighted by molar-refractivity contribution is 7.99. The summed E-state index contributed by atoms with van der Waals surface area (Å²) in [6.07, 6.45) is 6.89. The van der Waals surface area contributed by atoms with Crippen molar-refractivity contribution in [3.63, 3.8) is 0 Å². The van der Waals surface area contributed by atoms with Gasteiger partial charge in [0.2, 0.25) is 0 Å². The normalized spacial score (nSPS) is 13.5. The number of fused-ring (bicyclic) bond motifs is 1. The molecule has 1 fully saturated rings. The molecule has 0 aliphatic heterocycles. The molecule has 0 atom stereocenters. The van der Waals surface area contributed by atoms with Gasteiger partial charge in [-0.15, -0.1) is 22.0 Å². The van der Waals surface area contributed by atoms with Gasteiger partial charge in [-0.05, 0) is 62.9 Å². The van der Waals surface area contributed by atoms with Crippen LogP contribution in [0, 0.1) is 11.3 Å². The molecule has 36 heavy (non-hydrogen) atoms. The second-order valence-corrected chi connectivity index (χ2v) is 10.5. The van der Waals surface area contributed by atoms with Crippen molar-refractivity contribution in [2.45, 2.75) is 56.6 Å². The van der Waals surface area contributed by atoms with Crippen molar-refractivity contribution in [1.29, 1.82) is 5.26 Å². The summed E-state index contributed by atoms with van der Waals surface area (Å²) in [4.78, 5) is 13.3. The third-order valence-corrected chi connectivity index (χ3v) is 7.42. The number of amides is 2. The third kappa shape index (κ3) is 4.95. The molecule has 0 radical (unpaired) electrons. The summed E-state index contributed by atoms with van der Waals surface area (Å²) in [5.74, 6) is 0.907. The third-order valence-electron chi connectivity index (χ3n) is 6.45. The molecule has 1 aliphatic carbocycles. The Hall–Kier alpha value is -3.77. The van der Waals surface area contributed by atoms with E-state index in [1.807, 2.05) is 42.7 Å². The van der Waals surface area contributed by atoms with Crippen LogP contribution in [0.5, 0.6) is 0 Å². The number of carbonyl (C=O) groups excluding carboxylic acids is 1. The number of aromatic nitrogens is 4. The summed E-state index contributed by atoms with van der Waals surface area (Å²) in [6, 6.07) is 16.9. The van der Waals surface area contributed by atoms with Gasteiger partial charge >= 0.3 is 6.03 Å². The molecule has 8 nitrogen and oxygen atoms in total. The Labute approximate surface area is 214 Å². The van der Waals surface area contributed by atoms with Crippen LogP contribution in [0.15, 0.2) is 60.0 Å². The predicted molar refractivity (Wildman–Crippen MR) is 143 cm³/mol. The average Bonchev–Trinajstić information content (AvgIpc) is 3.44. The van der Waals surface area contributed by atoms with Crippen LogP contribution >= 0.6 is 11.8 Å². The second kappa shape index (κ2) is 10.5. The van der Waals surface area contributed by atoms with Crippen molar-refractivity contribution in [1.82, 2.24) is 24.6 Å². The van der Waals surface area contributed by atoms with E-state index in [9.17, 15) is 10.1 Å². The zero-order valence-electron chi connectivity index (χ0n) is 20.4. The highest BCUT2D eigenvalue weighted by Gasteiger charge is 2.28. The fourth-order valence-electron chi connectivity index (χ4n) is 4.55. The molecule has 0 spiro atoms. The van der Waals surface area contributed by atoms with Crippen molar-refractivity contribution in [2.75, 3.05) is 11.1 Å². The van der Waals surface area contributed by atoms with E-state index in [2.05, 4.69) is 49.7 Å². The van der Waals surface area contributed by atoms with Gasteiger partial charge in [-0.2, -0.15) is 5.26 Å². The van der Waals surface area contributed by atoms with Gasteiger partial charge in [0.25, 0.3) is 0 Å². The number of rotatable bonds is 8. The Balaban J connectivity index is 1.47. The lowest BCUT2D eigenvalue weighted by molar-refractivity contribution is 0.250. The Morgan fingerprint density at radius 1 is 1.17 bits per heavy atom. The lowest BCUT2D eigenvalue weighted by Gasteiger charge is -2.30. The summed E-state index contributed by atoms with van der Waals surface area (Å²) >= 11 is 1.79. The number of urea groups is 1. The minimum atomic E-state index is -0.228. The number of nitriles is 1. The maximum atomic E-state index is 12.1. The maximum Gasteiger partial charge on any atom is 0.319 e. The van der Waals surface area contributed by atoms with E-state index >= 15 is 0 Å². The van der Waals surface area contributed by atoms with E-state index < -0.39 is 0 Å². The van der Waals surface area contributed by atoms with Gasteiger partial charge in [0.15, 0.2) is 0 Å². The molecule has 1 aliphatic rings. The topological polar surface area (TPSA) is 101 Å². The van der Waals surface area contributed by atoms with Crippen LogP contribution in [0.1, 0.15) is 44.7 Å².